The number of rotatable bonds is 4. The summed E-state index contributed by atoms with van der Waals surface area (Å²) in [5.74, 6) is -0.905. The van der Waals surface area contributed by atoms with Gasteiger partial charge in [0.25, 0.3) is 5.91 Å². The molecular weight excluding hydrogens is 362 g/mol. The minimum atomic E-state index is -0.689. The van der Waals surface area contributed by atoms with E-state index in [0.717, 1.165) is 15.8 Å². The molecule has 0 spiro atoms. The molecule has 136 valence electrons. The summed E-state index contributed by atoms with van der Waals surface area (Å²) in [5, 5.41) is 9.13. The highest BCUT2D eigenvalue weighted by Gasteiger charge is 2.35. The molecule has 1 aliphatic rings. The zero-order valence-corrected chi connectivity index (χ0v) is 15.4. The van der Waals surface area contributed by atoms with Gasteiger partial charge < -0.3 is 5.73 Å². The number of carbonyl (C=O) groups excluding carboxylic acids is 2. The average molecular weight is 379 g/mol. The summed E-state index contributed by atoms with van der Waals surface area (Å²) < 4.78 is 1.000. The number of primary amides is 1. The lowest BCUT2D eigenvalue weighted by Crippen LogP contribution is -2.39. The number of amides is 2. The largest absolute Gasteiger partial charge is 0.368 e. The van der Waals surface area contributed by atoms with Crippen molar-refractivity contribution >= 4 is 49.9 Å². The third-order valence-electron chi connectivity index (χ3n) is 4.36. The molecule has 1 atom stereocenters. The van der Waals surface area contributed by atoms with E-state index in [0.29, 0.717) is 10.8 Å². The molecule has 0 fully saturated rings. The van der Waals surface area contributed by atoms with Gasteiger partial charge in [-0.15, -0.1) is 0 Å². The predicted molar refractivity (Wildman–Crippen MR) is 107 cm³/mol. The number of anilines is 2. The van der Waals surface area contributed by atoms with Crippen LogP contribution in [0.1, 0.15) is 12.0 Å². The molecule has 0 aliphatic carbocycles. The summed E-state index contributed by atoms with van der Waals surface area (Å²) >= 11 is 1.40. The van der Waals surface area contributed by atoms with E-state index in [2.05, 4.69) is 15.4 Å². The zero-order chi connectivity index (χ0) is 19.0. The Hall–Kier alpha value is -3.26. The Labute approximate surface area is 159 Å². The van der Waals surface area contributed by atoms with Crippen molar-refractivity contribution in [3.05, 3.63) is 54.1 Å². The van der Waals surface area contributed by atoms with Gasteiger partial charge >= 0.3 is 0 Å². The fraction of sp³-hybridized carbons (Fsp3) is 0.158. The monoisotopic (exact) mass is 379 g/mol. The van der Waals surface area contributed by atoms with Gasteiger partial charge in [0.1, 0.15) is 11.8 Å². The van der Waals surface area contributed by atoms with E-state index < -0.39 is 11.9 Å². The number of thiazole rings is 1. The van der Waals surface area contributed by atoms with Crippen LogP contribution in [0.5, 0.6) is 0 Å². The fourth-order valence-corrected chi connectivity index (χ4v) is 3.94. The highest BCUT2D eigenvalue weighted by Crippen LogP contribution is 2.29. The zero-order valence-electron chi connectivity index (χ0n) is 14.5. The average Bonchev–Trinajstić information content (AvgIpc) is 3.27. The first-order chi connectivity index (χ1) is 13.0. The molecule has 1 aliphatic heterocycles. The van der Waals surface area contributed by atoms with Crippen LogP contribution in [0.2, 0.25) is 0 Å². The number of hydrogen-bond acceptors (Lipinski definition) is 6. The number of benzene rings is 2. The van der Waals surface area contributed by atoms with Gasteiger partial charge in [0.05, 0.1) is 15.9 Å². The first kappa shape index (κ1) is 17.2. The number of aromatic nitrogens is 1. The van der Waals surface area contributed by atoms with Crippen molar-refractivity contribution in [2.45, 2.75) is 19.4 Å². The molecule has 3 aromatic rings. The number of aryl methyl sites for hydroxylation is 1. The van der Waals surface area contributed by atoms with E-state index in [9.17, 15) is 9.59 Å². The van der Waals surface area contributed by atoms with Crippen molar-refractivity contribution in [2.24, 2.45) is 10.8 Å². The number of nitrogens with zero attached hydrogens (tertiary/aromatic N) is 3. The number of carbonyl (C=O) groups is 2. The van der Waals surface area contributed by atoms with E-state index in [-0.39, 0.29) is 18.0 Å². The molecule has 0 saturated heterocycles. The van der Waals surface area contributed by atoms with Crippen LogP contribution < -0.4 is 16.1 Å². The van der Waals surface area contributed by atoms with E-state index in [1.54, 1.807) is 0 Å². The second kappa shape index (κ2) is 6.81. The van der Waals surface area contributed by atoms with Crippen LogP contribution in [-0.2, 0) is 9.59 Å². The molecule has 1 unspecified atom stereocenters. The molecule has 27 heavy (non-hydrogen) atoms. The van der Waals surface area contributed by atoms with Gasteiger partial charge in [0, 0.05) is 6.42 Å². The first-order valence-electron chi connectivity index (χ1n) is 8.41. The molecule has 1 aromatic heterocycles. The molecule has 0 saturated carbocycles. The van der Waals surface area contributed by atoms with Crippen LogP contribution in [0.4, 0.5) is 10.8 Å². The number of nitrogens with two attached hydrogens (primary N) is 1. The van der Waals surface area contributed by atoms with E-state index in [4.69, 9.17) is 5.73 Å². The third-order valence-corrected chi connectivity index (χ3v) is 5.30. The molecule has 8 heteroatoms. The maximum absolute atomic E-state index is 12.7. The number of para-hydroxylation sites is 2. The normalized spacial score (nSPS) is 16.4. The van der Waals surface area contributed by atoms with Crippen molar-refractivity contribution in [1.82, 2.24) is 4.98 Å². The fourth-order valence-electron chi connectivity index (χ4n) is 3.00. The van der Waals surface area contributed by atoms with Crippen LogP contribution in [0.25, 0.3) is 10.2 Å². The van der Waals surface area contributed by atoms with Gasteiger partial charge in [0.15, 0.2) is 5.13 Å². The Kier molecular flexibility index (Phi) is 4.33. The molecule has 7 nitrogen and oxygen atoms in total. The lowest BCUT2D eigenvalue weighted by molar-refractivity contribution is -0.119. The van der Waals surface area contributed by atoms with Gasteiger partial charge in [-0.05, 0) is 30.7 Å². The first-order valence-corrected chi connectivity index (χ1v) is 9.23. The molecule has 2 heterocycles. The smallest absolute Gasteiger partial charge is 0.273 e. The Morgan fingerprint density at radius 2 is 1.96 bits per heavy atom. The molecule has 2 amide bonds. The molecular formula is C19H17N5O2S. The third kappa shape index (κ3) is 3.26. The summed E-state index contributed by atoms with van der Waals surface area (Å²) in [4.78, 5) is 29.0. The number of nitrogens with one attached hydrogen (secondary N) is 1. The molecule has 2 aromatic carbocycles. The molecule has 3 N–H and O–H groups in total. The Morgan fingerprint density at radius 1 is 1.19 bits per heavy atom. The van der Waals surface area contributed by atoms with Crippen molar-refractivity contribution in [3.8, 4) is 0 Å². The number of fused-ring (bicyclic) bond motifs is 1. The van der Waals surface area contributed by atoms with E-state index in [1.807, 2.05) is 55.5 Å². The van der Waals surface area contributed by atoms with Crippen molar-refractivity contribution < 1.29 is 9.59 Å². The van der Waals surface area contributed by atoms with Crippen molar-refractivity contribution in [3.63, 3.8) is 0 Å². The van der Waals surface area contributed by atoms with E-state index in [1.165, 1.54) is 16.3 Å². The van der Waals surface area contributed by atoms with E-state index >= 15 is 0 Å². The van der Waals surface area contributed by atoms with Crippen molar-refractivity contribution in [1.29, 1.82) is 0 Å². The van der Waals surface area contributed by atoms with Gasteiger partial charge in [0.2, 0.25) is 5.91 Å². The standard InChI is InChI=1S/C19H17N5O2S/c1-11-6-5-9-15-16(11)21-19(27-15)22-18(26)13-10-14(17(20)25)24(23-13)12-7-3-2-4-8-12/h2-9,14H,10H2,1H3,(H2,20,25)(H,21,22,26). The Morgan fingerprint density at radius 3 is 2.67 bits per heavy atom. The highest BCUT2D eigenvalue weighted by molar-refractivity contribution is 7.22. The van der Waals surface area contributed by atoms with Gasteiger partial charge in [-0.3, -0.25) is 19.9 Å². The van der Waals surface area contributed by atoms with Crippen LogP contribution in [0, 0.1) is 6.92 Å². The molecule has 0 bridgehead atoms. The van der Waals surface area contributed by atoms with Gasteiger partial charge in [-0.25, -0.2) is 4.98 Å². The second-order valence-corrected chi connectivity index (χ2v) is 7.27. The maximum Gasteiger partial charge on any atom is 0.273 e. The lowest BCUT2D eigenvalue weighted by Gasteiger charge is -2.20. The second-order valence-electron chi connectivity index (χ2n) is 6.24. The molecule has 4 rings (SSSR count). The van der Waals surface area contributed by atoms with Gasteiger partial charge in [-0.2, -0.15) is 5.10 Å². The van der Waals surface area contributed by atoms with Crippen LogP contribution >= 0.6 is 11.3 Å². The quantitative estimate of drug-likeness (QED) is 0.728. The summed E-state index contributed by atoms with van der Waals surface area (Å²) in [7, 11) is 0. The van der Waals surface area contributed by atoms with Crippen LogP contribution in [-0.4, -0.2) is 28.6 Å². The summed E-state index contributed by atoms with van der Waals surface area (Å²) in [6.45, 7) is 1.98. The SMILES string of the molecule is Cc1cccc2sc(NC(=O)C3=NN(c4ccccc4)C(C(N)=O)C3)nc12. The van der Waals surface area contributed by atoms with Crippen LogP contribution in [0.15, 0.2) is 53.6 Å². The van der Waals surface area contributed by atoms with Gasteiger partial charge in [-0.1, -0.05) is 41.7 Å². The van der Waals surface area contributed by atoms with Crippen LogP contribution in [0.3, 0.4) is 0 Å². The van der Waals surface area contributed by atoms with Crippen molar-refractivity contribution in [2.75, 3.05) is 10.3 Å². The maximum atomic E-state index is 12.7. The summed E-state index contributed by atoms with van der Waals surface area (Å²) in [6, 6.07) is 14.4. The Bertz CT molecular complexity index is 1060. The minimum absolute atomic E-state index is 0.153. The Balaban J connectivity index is 1.59. The minimum Gasteiger partial charge on any atom is -0.368 e. The predicted octanol–water partition coefficient (Wildman–Crippen LogP) is 2.66. The molecule has 0 radical (unpaired) electrons. The lowest BCUT2D eigenvalue weighted by atomic mass is 10.1. The number of hydrazone groups is 1. The summed E-state index contributed by atoms with van der Waals surface area (Å²) in [5.41, 5.74) is 8.38. The summed E-state index contributed by atoms with van der Waals surface area (Å²) in [6.07, 6.45) is 0.153. The number of hydrogen-bond donors (Lipinski definition) is 2. The topological polar surface area (TPSA) is 101 Å². The highest BCUT2D eigenvalue weighted by atomic mass is 32.1.